The van der Waals surface area contributed by atoms with Gasteiger partial charge >= 0.3 is 0 Å². The molecule has 3 atom stereocenters. The maximum absolute atomic E-state index is 13.0. The van der Waals surface area contributed by atoms with Crippen LogP contribution in [0.5, 0.6) is 0 Å². The second-order valence-electron chi connectivity index (χ2n) is 8.05. The van der Waals surface area contributed by atoms with Crippen LogP contribution in [0, 0.1) is 10.6 Å². The van der Waals surface area contributed by atoms with Crippen LogP contribution in [0.3, 0.4) is 0 Å². The predicted molar refractivity (Wildman–Crippen MR) is 106 cm³/mol. The third kappa shape index (κ3) is 4.15. The van der Waals surface area contributed by atoms with E-state index in [2.05, 4.69) is 0 Å². The number of piperidine rings is 1. The number of hydrogen-bond donors (Lipinski definition) is 1. The van der Waals surface area contributed by atoms with Crippen molar-refractivity contribution in [2.45, 2.75) is 56.1 Å². The van der Waals surface area contributed by atoms with E-state index in [1.54, 1.807) is 23.2 Å². The highest BCUT2D eigenvalue weighted by Crippen LogP contribution is 2.28. The molecule has 2 saturated heterocycles. The van der Waals surface area contributed by atoms with E-state index < -0.39 is 10.0 Å². The summed E-state index contributed by atoms with van der Waals surface area (Å²) in [5.74, 6) is 0.830. The van der Waals surface area contributed by atoms with Gasteiger partial charge in [0.05, 0.1) is 30.7 Å². The highest BCUT2D eigenvalue weighted by atomic mass is 32.2. The first kappa shape index (κ1) is 19.5. The van der Waals surface area contributed by atoms with E-state index >= 15 is 0 Å². The van der Waals surface area contributed by atoms with Gasteiger partial charge < -0.3 is 9.64 Å². The zero-order valence-electron chi connectivity index (χ0n) is 15.8. The van der Waals surface area contributed by atoms with Gasteiger partial charge in [-0.05, 0) is 44.2 Å². The van der Waals surface area contributed by atoms with Crippen LogP contribution in [0.25, 0.3) is 0 Å². The Kier molecular flexibility index (Phi) is 5.99. The first-order chi connectivity index (χ1) is 13.1. The van der Waals surface area contributed by atoms with Crippen LogP contribution in [0.2, 0.25) is 0 Å². The summed E-state index contributed by atoms with van der Waals surface area (Å²) in [5.41, 5.74) is 0. The molecule has 1 saturated carbocycles. The number of pyridine rings is 1. The average molecular weight is 413 g/mol. The minimum absolute atomic E-state index is 0.342. The fraction of sp³-hybridized carbons (Fsp3) is 0.737. The van der Waals surface area contributed by atoms with Crippen molar-refractivity contribution in [3.05, 3.63) is 23.0 Å². The summed E-state index contributed by atoms with van der Waals surface area (Å²) >= 11 is 5.53. The Balaban J connectivity index is 1.56. The molecule has 0 bridgehead atoms. The molecule has 1 aromatic rings. The number of aromatic nitrogens is 1. The van der Waals surface area contributed by atoms with Gasteiger partial charge in [0.1, 0.15) is 4.64 Å². The summed E-state index contributed by atoms with van der Waals surface area (Å²) < 4.78 is 35.5. The number of hydrogen-bond acceptors (Lipinski definition) is 4. The van der Waals surface area contributed by atoms with Gasteiger partial charge in [0, 0.05) is 25.2 Å². The van der Waals surface area contributed by atoms with E-state index in [9.17, 15) is 8.42 Å². The normalized spacial score (nSPS) is 30.0. The molecule has 8 heteroatoms. The number of likely N-dealkylation sites (tertiary alicyclic amines) is 1. The lowest BCUT2D eigenvalue weighted by Gasteiger charge is -2.41. The van der Waals surface area contributed by atoms with E-state index in [4.69, 9.17) is 17.0 Å². The summed E-state index contributed by atoms with van der Waals surface area (Å²) in [6.07, 6.45) is 9.69. The minimum atomic E-state index is -3.49. The molecule has 0 aromatic carbocycles. The highest BCUT2D eigenvalue weighted by Gasteiger charge is 2.36. The zero-order chi connectivity index (χ0) is 18.9. The van der Waals surface area contributed by atoms with Gasteiger partial charge in [-0.25, -0.2) is 8.42 Å². The molecule has 0 radical (unpaired) electrons. The minimum Gasteiger partial charge on any atom is -0.379 e. The Morgan fingerprint density at radius 3 is 2.67 bits per heavy atom. The molecule has 0 amide bonds. The molecule has 4 rings (SSSR count). The van der Waals surface area contributed by atoms with Crippen molar-refractivity contribution >= 4 is 22.2 Å². The van der Waals surface area contributed by atoms with Gasteiger partial charge in [-0.15, -0.1) is 0 Å². The second-order valence-corrected chi connectivity index (χ2v) is 10.4. The Labute approximate surface area is 167 Å². The molecule has 1 aromatic heterocycles. The predicted octanol–water partition coefficient (Wildman–Crippen LogP) is 1.43. The molecular formula is C19H30N3O3S2+. The molecule has 1 aliphatic carbocycles. The maximum Gasteiger partial charge on any atom is 0.244 e. The van der Waals surface area contributed by atoms with Crippen molar-refractivity contribution in [2.24, 2.45) is 5.92 Å². The third-order valence-corrected chi connectivity index (χ3v) is 8.70. The van der Waals surface area contributed by atoms with Crippen LogP contribution in [-0.2, 0) is 21.4 Å². The third-order valence-electron chi connectivity index (χ3n) is 6.44. The lowest BCUT2D eigenvalue weighted by molar-refractivity contribution is -0.957. The van der Waals surface area contributed by atoms with E-state index in [-0.39, 0.29) is 0 Å². The number of rotatable bonds is 4. The van der Waals surface area contributed by atoms with Gasteiger partial charge in [0.25, 0.3) is 0 Å². The van der Waals surface area contributed by atoms with Gasteiger partial charge in [-0.1, -0.05) is 18.6 Å². The SMILES string of the molecule is O=S(=O)(c1ccc(=S)n(C[NH+]2CCC[C@@H]3CCCC[C@@H]32)c1)N1CCOCC1. The van der Waals surface area contributed by atoms with Crippen LogP contribution >= 0.6 is 12.2 Å². The number of fused-ring (bicyclic) bond motifs is 1. The summed E-state index contributed by atoms with van der Waals surface area (Å²) in [6.45, 7) is 3.67. The molecule has 3 aliphatic rings. The molecule has 27 heavy (non-hydrogen) atoms. The van der Waals surface area contributed by atoms with Crippen molar-refractivity contribution in [1.29, 1.82) is 0 Å². The number of morpholine rings is 1. The first-order valence-corrected chi connectivity index (χ1v) is 12.0. The van der Waals surface area contributed by atoms with Crippen LogP contribution in [0.4, 0.5) is 0 Å². The van der Waals surface area contributed by atoms with Crippen molar-refractivity contribution in [3.63, 3.8) is 0 Å². The van der Waals surface area contributed by atoms with E-state index in [1.165, 1.54) is 42.8 Å². The molecule has 3 fully saturated rings. The largest absolute Gasteiger partial charge is 0.379 e. The van der Waals surface area contributed by atoms with Crippen LogP contribution in [0.1, 0.15) is 38.5 Å². The average Bonchev–Trinajstić information content (AvgIpc) is 2.70. The number of nitrogens with one attached hydrogen (secondary N) is 1. The number of ether oxygens (including phenoxy) is 1. The topological polar surface area (TPSA) is 56.0 Å². The molecular weight excluding hydrogens is 382 g/mol. The van der Waals surface area contributed by atoms with Gasteiger partial charge in [-0.2, -0.15) is 4.31 Å². The molecule has 2 aliphatic heterocycles. The number of sulfonamides is 1. The van der Waals surface area contributed by atoms with Crippen LogP contribution in [0.15, 0.2) is 23.2 Å². The fourth-order valence-electron chi connectivity index (χ4n) is 5.00. The van der Waals surface area contributed by atoms with Crippen molar-refractivity contribution in [1.82, 2.24) is 8.87 Å². The van der Waals surface area contributed by atoms with E-state index in [0.29, 0.717) is 41.9 Å². The molecule has 3 heterocycles. The maximum atomic E-state index is 13.0. The van der Waals surface area contributed by atoms with E-state index in [0.717, 1.165) is 19.1 Å². The Morgan fingerprint density at radius 2 is 1.85 bits per heavy atom. The summed E-state index contributed by atoms with van der Waals surface area (Å²) in [6, 6.07) is 4.12. The highest BCUT2D eigenvalue weighted by molar-refractivity contribution is 7.89. The molecule has 0 spiro atoms. The second kappa shape index (κ2) is 8.29. The quantitative estimate of drug-likeness (QED) is 0.761. The van der Waals surface area contributed by atoms with Crippen LogP contribution < -0.4 is 4.90 Å². The van der Waals surface area contributed by atoms with Gasteiger partial charge in [-0.3, -0.25) is 4.57 Å². The Hall–Kier alpha value is -0.800. The number of nitrogens with zero attached hydrogens (tertiary/aromatic N) is 2. The first-order valence-electron chi connectivity index (χ1n) is 10.2. The smallest absolute Gasteiger partial charge is 0.244 e. The van der Waals surface area contributed by atoms with Gasteiger partial charge in [0.15, 0.2) is 6.67 Å². The lowest BCUT2D eigenvalue weighted by atomic mass is 9.78. The molecule has 150 valence electrons. The number of quaternary nitrogens is 1. The van der Waals surface area contributed by atoms with E-state index in [1.807, 2.05) is 4.57 Å². The summed E-state index contributed by atoms with van der Waals surface area (Å²) in [7, 11) is -3.49. The van der Waals surface area contributed by atoms with Crippen molar-refractivity contribution in [2.75, 3.05) is 32.8 Å². The van der Waals surface area contributed by atoms with Crippen LogP contribution in [-0.4, -0.2) is 56.2 Å². The van der Waals surface area contributed by atoms with Crippen molar-refractivity contribution < 1.29 is 18.1 Å². The summed E-state index contributed by atoms with van der Waals surface area (Å²) in [4.78, 5) is 1.91. The molecule has 1 N–H and O–H groups in total. The standard InChI is InChI=1S/C19H29N3O3S2/c23-27(24,22-10-12-25-13-11-22)17-7-8-19(26)21(14-17)15-20-9-3-5-16-4-1-2-6-18(16)20/h7-8,14,16,18H,1-6,9-13,15H2/p+1/t16-,18-/m0/s1. The van der Waals surface area contributed by atoms with Crippen molar-refractivity contribution in [3.8, 4) is 0 Å². The monoisotopic (exact) mass is 412 g/mol. The molecule has 1 unspecified atom stereocenters. The summed E-state index contributed by atoms with van der Waals surface area (Å²) in [5, 5.41) is 0. The Bertz CT molecular complexity index is 816. The zero-order valence-corrected chi connectivity index (χ0v) is 17.4. The molecule has 6 nitrogen and oxygen atoms in total. The van der Waals surface area contributed by atoms with Gasteiger partial charge in [0.2, 0.25) is 10.0 Å². The lowest BCUT2D eigenvalue weighted by Crippen LogP contribution is -3.17. The fourth-order valence-corrected chi connectivity index (χ4v) is 6.62. The Morgan fingerprint density at radius 1 is 1.11 bits per heavy atom.